The maximum absolute atomic E-state index is 12.0. The van der Waals surface area contributed by atoms with Gasteiger partial charge in [-0.25, -0.2) is 0 Å². The third-order valence-corrected chi connectivity index (χ3v) is 3.11. The van der Waals surface area contributed by atoms with Crippen molar-refractivity contribution in [1.82, 2.24) is 0 Å². The van der Waals surface area contributed by atoms with Gasteiger partial charge in [0, 0.05) is 14.2 Å². The number of benzene rings is 1. The number of hydrogen-bond donors (Lipinski definition) is 1. The fourth-order valence-electron chi connectivity index (χ4n) is 1.88. The van der Waals surface area contributed by atoms with Crippen LogP contribution in [-0.4, -0.2) is 5.78 Å². The summed E-state index contributed by atoms with van der Waals surface area (Å²) in [6, 6.07) is 6.88. The molecular weight excluding hydrogens is 210 g/mol. The van der Waals surface area contributed by atoms with Gasteiger partial charge in [0.1, 0.15) is 5.54 Å². The molecular formula is C12H14ClNO. The Balaban J connectivity index is 2.47. The molecule has 2 N–H and O–H groups in total. The van der Waals surface area contributed by atoms with E-state index in [2.05, 4.69) is 0 Å². The summed E-state index contributed by atoms with van der Waals surface area (Å²) >= 11 is 6.05. The Morgan fingerprint density at radius 3 is 2.93 bits per heavy atom. The standard InChI is InChI=1S/C12H14ClNO/c13-10-6-2-1-5-9(10)12(14)8-4-3-7-11(12)15/h1-2,5-6H,3-4,7-8,14H2/i4D2. The molecule has 1 aromatic rings. The van der Waals surface area contributed by atoms with E-state index in [1.165, 1.54) is 0 Å². The minimum atomic E-state index is -1.41. The predicted molar refractivity (Wildman–Crippen MR) is 60.8 cm³/mol. The van der Waals surface area contributed by atoms with Crippen molar-refractivity contribution in [2.24, 2.45) is 5.73 Å². The molecule has 0 heterocycles. The molecule has 2 nitrogen and oxygen atoms in total. The maximum Gasteiger partial charge on any atom is 0.157 e. The Labute approximate surface area is 97.2 Å². The number of Topliss-reactive ketones (excluding diaryl/α,β-unsaturated/α-hetero) is 1. The molecule has 3 heteroatoms. The molecule has 15 heavy (non-hydrogen) atoms. The number of carbonyl (C=O) groups is 1. The SMILES string of the molecule is [2H]C1([2H])CCC(=O)C(N)(c2ccccc2Cl)C1. The summed E-state index contributed by atoms with van der Waals surface area (Å²) in [5, 5.41) is 0.418. The Morgan fingerprint density at radius 1 is 1.47 bits per heavy atom. The van der Waals surface area contributed by atoms with E-state index in [4.69, 9.17) is 20.1 Å². The van der Waals surface area contributed by atoms with Crippen molar-refractivity contribution in [2.75, 3.05) is 0 Å². The molecule has 1 saturated carbocycles. The molecule has 1 unspecified atom stereocenters. The summed E-state index contributed by atoms with van der Waals surface area (Å²) in [6.45, 7) is 0. The second-order valence-electron chi connectivity index (χ2n) is 3.80. The number of ketones is 1. The number of halogens is 1. The van der Waals surface area contributed by atoms with Crippen LogP contribution < -0.4 is 5.73 Å². The normalized spacial score (nSPS) is 32.0. The van der Waals surface area contributed by atoms with E-state index < -0.39 is 11.9 Å². The van der Waals surface area contributed by atoms with Gasteiger partial charge >= 0.3 is 0 Å². The van der Waals surface area contributed by atoms with E-state index in [0.29, 0.717) is 10.6 Å². The molecule has 80 valence electrons. The molecule has 0 amide bonds. The summed E-state index contributed by atoms with van der Waals surface area (Å²) in [5.41, 5.74) is 5.36. The van der Waals surface area contributed by atoms with Crippen molar-refractivity contribution < 1.29 is 7.54 Å². The summed E-state index contributed by atoms with van der Waals surface area (Å²) < 4.78 is 15.6. The van der Waals surface area contributed by atoms with Gasteiger partial charge in [0.15, 0.2) is 5.78 Å². The Hall–Kier alpha value is -0.860. The van der Waals surface area contributed by atoms with E-state index in [1.807, 2.05) is 0 Å². The second kappa shape index (κ2) is 3.95. The van der Waals surface area contributed by atoms with Crippen LogP contribution in [-0.2, 0) is 10.3 Å². The highest BCUT2D eigenvalue weighted by atomic mass is 35.5. The van der Waals surface area contributed by atoms with Crippen molar-refractivity contribution in [3.63, 3.8) is 0 Å². The molecule has 0 radical (unpaired) electrons. The van der Waals surface area contributed by atoms with Crippen LogP contribution in [0.15, 0.2) is 24.3 Å². The summed E-state index contributed by atoms with van der Waals surface area (Å²) in [5.74, 6) is -0.138. The van der Waals surface area contributed by atoms with Gasteiger partial charge in [0.25, 0.3) is 0 Å². The number of hydrogen-bond acceptors (Lipinski definition) is 2. The zero-order chi connectivity index (χ0) is 12.7. The highest BCUT2D eigenvalue weighted by Crippen LogP contribution is 2.35. The first-order valence-electron chi connectivity index (χ1n) is 5.92. The van der Waals surface area contributed by atoms with Gasteiger partial charge in [-0.1, -0.05) is 36.2 Å². The molecule has 2 rings (SSSR count). The smallest absolute Gasteiger partial charge is 0.157 e. The molecule has 0 spiro atoms. The first kappa shape index (κ1) is 8.31. The van der Waals surface area contributed by atoms with Gasteiger partial charge in [0.2, 0.25) is 0 Å². The van der Waals surface area contributed by atoms with E-state index in [0.717, 1.165) is 0 Å². The lowest BCUT2D eigenvalue weighted by atomic mass is 9.76. The molecule has 1 aromatic carbocycles. The highest BCUT2D eigenvalue weighted by Gasteiger charge is 2.38. The Kier molecular flexibility index (Phi) is 2.19. The van der Waals surface area contributed by atoms with Crippen LogP contribution in [0.5, 0.6) is 0 Å². The fraction of sp³-hybridized carbons (Fsp3) is 0.417. The largest absolute Gasteiger partial charge is 0.315 e. The first-order valence-corrected chi connectivity index (χ1v) is 5.30. The van der Waals surface area contributed by atoms with Crippen LogP contribution in [0.1, 0.15) is 33.9 Å². The number of nitrogens with two attached hydrogens (primary N) is 1. The lowest BCUT2D eigenvalue weighted by molar-refractivity contribution is -0.126. The van der Waals surface area contributed by atoms with Gasteiger partial charge in [-0.3, -0.25) is 4.79 Å². The van der Waals surface area contributed by atoms with Crippen molar-refractivity contribution >= 4 is 17.4 Å². The molecule has 0 saturated heterocycles. The lowest BCUT2D eigenvalue weighted by Gasteiger charge is -2.32. The molecule has 0 bridgehead atoms. The second-order valence-corrected chi connectivity index (χ2v) is 4.21. The van der Waals surface area contributed by atoms with Crippen LogP contribution in [0.4, 0.5) is 0 Å². The Bertz CT molecular complexity index is 464. The molecule has 1 aliphatic rings. The zero-order valence-electron chi connectivity index (χ0n) is 10.3. The quantitative estimate of drug-likeness (QED) is 0.799. The van der Waals surface area contributed by atoms with Gasteiger partial charge in [0.05, 0.1) is 0 Å². The van der Waals surface area contributed by atoms with Crippen LogP contribution in [0, 0.1) is 0 Å². The average Bonchev–Trinajstić information content (AvgIpc) is 2.24. The van der Waals surface area contributed by atoms with Crippen LogP contribution in [0.25, 0.3) is 0 Å². The number of rotatable bonds is 1. The summed E-state index contributed by atoms with van der Waals surface area (Å²) in [6.07, 6.45) is -1.03. The zero-order valence-corrected chi connectivity index (χ0v) is 9.05. The van der Waals surface area contributed by atoms with Gasteiger partial charge in [-0.2, -0.15) is 0 Å². The van der Waals surface area contributed by atoms with Crippen molar-refractivity contribution in [1.29, 1.82) is 0 Å². The molecule has 1 aliphatic carbocycles. The van der Waals surface area contributed by atoms with E-state index >= 15 is 0 Å². The van der Waals surface area contributed by atoms with E-state index in [-0.39, 0.29) is 25.0 Å². The summed E-state index contributed by atoms with van der Waals surface area (Å²) in [7, 11) is 0. The minimum Gasteiger partial charge on any atom is -0.315 e. The van der Waals surface area contributed by atoms with Crippen molar-refractivity contribution in [3.05, 3.63) is 34.9 Å². The highest BCUT2D eigenvalue weighted by molar-refractivity contribution is 6.31. The van der Waals surface area contributed by atoms with Crippen LogP contribution in [0.3, 0.4) is 0 Å². The predicted octanol–water partition coefficient (Wildman–Crippen LogP) is 2.64. The molecule has 1 fully saturated rings. The summed E-state index contributed by atoms with van der Waals surface area (Å²) in [4.78, 5) is 12.0. The Morgan fingerprint density at radius 2 is 2.20 bits per heavy atom. The van der Waals surface area contributed by atoms with Gasteiger partial charge < -0.3 is 5.73 Å². The van der Waals surface area contributed by atoms with Crippen LogP contribution in [0.2, 0.25) is 5.02 Å². The van der Waals surface area contributed by atoms with E-state index in [1.54, 1.807) is 24.3 Å². The topological polar surface area (TPSA) is 43.1 Å². The number of carbonyl (C=O) groups excluding carboxylic acids is 1. The average molecular weight is 226 g/mol. The fourth-order valence-corrected chi connectivity index (χ4v) is 2.18. The van der Waals surface area contributed by atoms with Crippen LogP contribution >= 0.6 is 11.6 Å². The monoisotopic (exact) mass is 225 g/mol. The third kappa shape index (κ3) is 1.80. The molecule has 1 atom stereocenters. The molecule has 0 aliphatic heterocycles. The van der Waals surface area contributed by atoms with Crippen molar-refractivity contribution in [3.8, 4) is 0 Å². The van der Waals surface area contributed by atoms with Crippen molar-refractivity contribution in [2.45, 2.75) is 31.2 Å². The third-order valence-electron chi connectivity index (χ3n) is 2.78. The van der Waals surface area contributed by atoms with Gasteiger partial charge in [-0.15, -0.1) is 0 Å². The van der Waals surface area contributed by atoms with Gasteiger partial charge in [-0.05, 0) is 24.5 Å². The lowest BCUT2D eigenvalue weighted by Crippen LogP contribution is -2.47. The molecule has 0 aromatic heterocycles. The maximum atomic E-state index is 12.0. The first-order chi connectivity index (χ1) is 7.85. The van der Waals surface area contributed by atoms with E-state index in [9.17, 15) is 4.79 Å². The minimum absolute atomic E-state index is 0.0113.